The molecule has 1 N–H and O–H groups in total. The van der Waals surface area contributed by atoms with Crippen molar-refractivity contribution in [2.45, 2.75) is 45.8 Å². The molecule has 0 aliphatic carbocycles. The first-order chi connectivity index (χ1) is 18.1. The molecular weight excluding hydrogens is 460 g/mol. The summed E-state index contributed by atoms with van der Waals surface area (Å²) in [5.74, 6) is 0.698. The minimum absolute atomic E-state index is 0.0998. The molecule has 186 valence electrons. The number of nitrogens with one attached hydrogen (secondary N) is 1. The van der Waals surface area contributed by atoms with Gasteiger partial charge in [-0.3, -0.25) is 9.69 Å². The molecule has 0 unspecified atom stereocenters. The molecule has 1 atom stereocenters. The molecular formula is C30H30N6O. The summed E-state index contributed by atoms with van der Waals surface area (Å²) in [6.07, 6.45) is 1.73. The first-order valence-corrected chi connectivity index (χ1v) is 12.8. The summed E-state index contributed by atoms with van der Waals surface area (Å²) in [5, 5.41) is 13.9. The summed E-state index contributed by atoms with van der Waals surface area (Å²) in [6.45, 7) is 6.35. The van der Waals surface area contributed by atoms with Crippen LogP contribution in [0.1, 0.15) is 45.2 Å². The number of aromatic nitrogens is 5. The molecule has 6 rings (SSSR count). The second-order valence-corrected chi connectivity index (χ2v) is 9.97. The van der Waals surface area contributed by atoms with Crippen molar-refractivity contribution >= 4 is 10.9 Å². The molecule has 3 heterocycles. The average molecular weight is 491 g/mol. The van der Waals surface area contributed by atoms with Crippen LogP contribution in [0.4, 0.5) is 0 Å². The van der Waals surface area contributed by atoms with E-state index in [0.717, 1.165) is 42.4 Å². The van der Waals surface area contributed by atoms with Crippen LogP contribution in [0.3, 0.4) is 0 Å². The predicted octanol–water partition coefficient (Wildman–Crippen LogP) is 4.52. The maximum absolute atomic E-state index is 13.6. The zero-order valence-corrected chi connectivity index (χ0v) is 21.2. The predicted molar refractivity (Wildman–Crippen MR) is 144 cm³/mol. The lowest BCUT2D eigenvalue weighted by molar-refractivity contribution is 0.193. The highest BCUT2D eigenvalue weighted by Crippen LogP contribution is 2.32. The van der Waals surface area contributed by atoms with Crippen LogP contribution in [-0.4, -0.2) is 36.6 Å². The Kier molecular flexibility index (Phi) is 6.14. The Hall–Kier alpha value is -4.10. The molecule has 0 amide bonds. The number of nitrogens with zero attached hydrogens (tertiary/aromatic N) is 5. The SMILES string of the molecule is Cc1cc2cc([C@@H](c3nnnn3CCc3ccccc3)N3CCc4ccccc4C3)c(=O)[nH]c2cc1C. The molecule has 0 saturated carbocycles. The van der Waals surface area contributed by atoms with Crippen LogP contribution in [0.15, 0.2) is 77.6 Å². The van der Waals surface area contributed by atoms with Gasteiger partial charge in [0.2, 0.25) is 0 Å². The number of hydrogen-bond donors (Lipinski definition) is 1. The number of pyridine rings is 1. The van der Waals surface area contributed by atoms with Gasteiger partial charge in [-0.15, -0.1) is 5.10 Å². The largest absolute Gasteiger partial charge is 0.322 e. The molecule has 37 heavy (non-hydrogen) atoms. The van der Waals surface area contributed by atoms with Crippen LogP contribution in [0.5, 0.6) is 0 Å². The molecule has 0 fully saturated rings. The van der Waals surface area contributed by atoms with Crippen molar-refractivity contribution in [3.63, 3.8) is 0 Å². The Labute approximate surface area is 215 Å². The molecule has 3 aromatic carbocycles. The number of hydrogen-bond acceptors (Lipinski definition) is 5. The summed E-state index contributed by atoms with van der Waals surface area (Å²) >= 11 is 0. The lowest BCUT2D eigenvalue weighted by Gasteiger charge is -2.34. The van der Waals surface area contributed by atoms with Crippen LogP contribution < -0.4 is 5.56 Å². The second-order valence-electron chi connectivity index (χ2n) is 9.97. The molecule has 7 heteroatoms. The van der Waals surface area contributed by atoms with Crippen molar-refractivity contribution in [1.29, 1.82) is 0 Å². The Balaban J connectivity index is 1.44. The smallest absolute Gasteiger partial charge is 0.253 e. The molecule has 0 radical (unpaired) electrons. The highest BCUT2D eigenvalue weighted by molar-refractivity contribution is 5.81. The number of tetrazole rings is 1. The zero-order valence-electron chi connectivity index (χ0n) is 21.2. The number of aryl methyl sites for hydroxylation is 4. The van der Waals surface area contributed by atoms with E-state index in [4.69, 9.17) is 0 Å². The number of H-pyrrole nitrogens is 1. The minimum atomic E-state index is -0.367. The first-order valence-electron chi connectivity index (χ1n) is 12.8. The monoisotopic (exact) mass is 490 g/mol. The van der Waals surface area contributed by atoms with E-state index in [1.54, 1.807) is 0 Å². The van der Waals surface area contributed by atoms with Gasteiger partial charge in [0.05, 0.1) is 0 Å². The van der Waals surface area contributed by atoms with Crippen molar-refractivity contribution in [2.75, 3.05) is 6.54 Å². The molecule has 0 spiro atoms. The van der Waals surface area contributed by atoms with Crippen molar-refractivity contribution in [3.05, 3.63) is 122 Å². The van der Waals surface area contributed by atoms with Gasteiger partial charge in [0.25, 0.3) is 5.56 Å². The Morgan fingerprint density at radius 1 is 0.946 bits per heavy atom. The summed E-state index contributed by atoms with van der Waals surface area (Å²) < 4.78 is 1.86. The molecule has 1 aliphatic heterocycles. The van der Waals surface area contributed by atoms with Gasteiger partial charge in [-0.2, -0.15) is 0 Å². The normalized spacial score (nSPS) is 14.5. The van der Waals surface area contributed by atoms with E-state index in [9.17, 15) is 4.79 Å². The average Bonchev–Trinajstić information content (AvgIpc) is 3.38. The van der Waals surface area contributed by atoms with E-state index in [1.807, 2.05) is 35.0 Å². The number of aromatic amines is 1. The van der Waals surface area contributed by atoms with Gasteiger partial charge >= 0.3 is 0 Å². The van der Waals surface area contributed by atoms with Gasteiger partial charge in [-0.05, 0) is 88.5 Å². The number of benzene rings is 3. The zero-order chi connectivity index (χ0) is 25.4. The number of fused-ring (bicyclic) bond motifs is 2. The third-order valence-electron chi connectivity index (χ3n) is 7.57. The van der Waals surface area contributed by atoms with Gasteiger partial charge < -0.3 is 4.98 Å². The van der Waals surface area contributed by atoms with Crippen LogP contribution in [0, 0.1) is 13.8 Å². The summed E-state index contributed by atoms with van der Waals surface area (Å²) in [5.41, 5.74) is 7.64. The second kappa shape index (κ2) is 9.75. The van der Waals surface area contributed by atoms with E-state index >= 15 is 0 Å². The third kappa shape index (κ3) is 4.58. The van der Waals surface area contributed by atoms with Crippen LogP contribution >= 0.6 is 0 Å². The van der Waals surface area contributed by atoms with Crippen molar-refractivity contribution in [3.8, 4) is 0 Å². The van der Waals surface area contributed by atoms with E-state index in [0.29, 0.717) is 17.9 Å². The fraction of sp³-hybridized carbons (Fsp3) is 0.267. The van der Waals surface area contributed by atoms with Crippen molar-refractivity contribution < 1.29 is 0 Å². The highest BCUT2D eigenvalue weighted by atomic mass is 16.1. The van der Waals surface area contributed by atoms with Gasteiger partial charge in [0.15, 0.2) is 5.82 Å². The third-order valence-corrected chi connectivity index (χ3v) is 7.57. The van der Waals surface area contributed by atoms with Gasteiger partial charge in [0, 0.05) is 30.7 Å². The highest BCUT2D eigenvalue weighted by Gasteiger charge is 2.32. The van der Waals surface area contributed by atoms with Crippen molar-refractivity contribution in [1.82, 2.24) is 30.1 Å². The maximum atomic E-state index is 13.6. The quantitative estimate of drug-likeness (QED) is 0.379. The summed E-state index contributed by atoms with van der Waals surface area (Å²) in [7, 11) is 0. The van der Waals surface area contributed by atoms with Crippen molar-refractivity contribution in [2.24, 2.45) is 0 Å². The summed E-state index contributed by atoms with van der Waals surface area (Å²) in [6, 6.07) is 24.7. The standard InChI is InChI=1S/C30H30N6O/c1-20-16-25-18-26(30(37)31-27(25)17-21(20)2)28(35-14-13-23-10-6-7-11-24(23)19-35)29-32-33-34-36(29)15-12-22-8-4-3-5-9-22/h3-11,16-18,28H,12-15,19H2,1-2H3,(H,31,37)/t28-/m0/s1. The van der Waals surface area contributed by atoms with E-state index in [1.165, 1.54) is 22.3 Å². The topological polar surface area (TPSA) is 79.7 Å². The van der Waals surface area contributed by atoms with Crippen LogP contribution in [0.25, 0.3) is 10.9 Å². The summed E-state index contributed by atoms with van der Waals surface area (Å²) in [4.78, 5) is 19.1. The van der Waals surface area contributed by atoms with Crippen LogP contribution in [-0.2, 0) is 25.9 Å². The minimum Gasteiger partial charge on any atom is -0.322 e. The molecule has 2 aromatic heterocycles. The molecule has 0 bridgehead atoms. The van der Waals surface area contributed by atoms with Gasteiger partial charge in [-0.1, -0.05) is 54.6 Å². The van der Waals surface area contributed by atoms with Crippen LogP contribution in [0.2, 0.25) is 0 Å². The Bertz CT molecular complexity index is 1620. The van der Waals surface area contributed by atoms with Gasteiger partial charge in [-0.25, -0.2) is 4.68 Å². The molecule has 0 saturated heterocycles. The Morgan fingerprint density at radius 2 is 1.70 bits per heavy atom. The maximum Gasteiger partial charge on any atom is 0.253 e. The fourth-order valence-corrected chi connectivity index (χ4v) is 5.38. The van der Waals surface area contributed by atoms with E-state index in [2.05, 4.69) is 81.7 Å². The first kappa shape index (κ1) is 23.3. The Morgan fingerprint density at radius 3 is 2.54 bits per heavy atom. The molecule has 5 aromatic rings. The molecule has 1 aliphatic rings. The fourth-order valence-electron chi connectivity index (χ4n) is 5.38. The lowest BCUT2D eigenvalue weighted by atomic mass is 9.95. The van der Waals surface area contributed by atoms with E-state index < -0.39 is 0 Å². The van der Waals surface area contributed by atoms with Gasteiger partial charge in [0.1, 0.15) is 6.04 Å². The molecule has 7 nitrogen and oxygen atoms in total. The van der Waals surface area contributed by atoms with E-state index in [-0.39, 0.29) is 11.6 Å². The number of rotatable bonds is 6. The lowest BCUT2D eigenvalue weighted by Crippen LogP contribution is -2.38.